The molecule has 3 aromatic rings. The van der Waals surface area contributed by atoms with Gasteiger partial charge in [-0.3, -0.25) is 0 Å². The molecule has 0 radical (unpaired) electrons. The molecule has 0 amide bonds. The molecule has 3 rings (SSSR count). The normalized spacial score (nSPS) is 11.4. The average molecular weight is 270 g/mol. The second-order valence-corrected chi connectivity index (χ2v) is 5.18. The minimum absolute atomic E-state index is 1.24. The molecule has 0 heterocycles. The van der Waals surface area contributed by atoms with Crippen molar-refractivity contribution in [3.05, 3.63) is 96.1 Å². The first-order chi connectivity index (χ1) is 10.3. The number of hydrogen-bond acceptors (Lipinski definition) is 0. The van der Waals surface area contributed by atoms with E-state index < -0.39 is 0 Å². The molecular weight excluding hydrogens is 252 g/mol. The zero-order valence-electron chi connectivity index (χ0n) is 12.2. The number of rotatable bonds is 3. The molecule has 0 heteroatoms. The maximum absolute atomic E-state index is 2.22. The summed E-state index contributed by atoms with van der Waals surface area (Å²) in [7, 11) is 0. The zero-order chi connectivity index (χ0) is 14.5. The van der Waals surface area contributed by atoms with Gasteiger partial charge in [0.2, 0.25) is 0 Å². The lowest BCUT2D eigenvalue weighted by molar-refractivity contribution is 1.55. The molecule has 0 fully saturated rings. The predicted octanol–water partition coefficient (Wildman–Crippen LogP) is 5.91. The summed E-state index contributed by atoms with van der Waals surface area (Å²) in [6.07, 6.45) is 2.22. The summed E-state index contributed by atoms with van der Waals surface area (Å²) in [5, 5.41) is 0. The monoisotopic (exact) mass is 270 g/mol. The van der Waals surface area contributed by atoms with Gasteiger partial charge in [0, 0.05) is 0 Å². The van der Waals surface area contributed by atoms with Crippen LogP contribution in [0.5, 0.6) is 0 Å². The average Bonchev–Trinajstić information content (AvgIpc) is 2.57. The van der Waals surface area contributed by atoms with E-state index in [1.54, 1.807) is 0 Å². The first kappa shape index (κ1) is 13.4. The van der Waals surface area contributed by atoms with Crippen molar-refractivity contribution in [2.24, 2.45) is 0 Å². The largest absolute Gasteiger partial charge is 0.0622 e. The van der Waals surface area contributed by atoms with Gasteiger partial charge in [-0.05, 0) is 34.8 Å². The summed E-state index contributed by atoms with van der Waals surface area (Å²) in [5.74, 6) is 0. The Morgan fingerprint density at radius 1 is 0.619 bits per heavy atom. The molecule has 0 aliphatic rings. The van der Waals surface area contributed by atoms with Crippen molar-refractivity contribution in [1.29, 1.82) is 0 Å². The van der Waals surface area contributed by atoms with Crippen LogP contribution in [0.15, 0.2) is 84.9 Å². The third kappa shape index (κ3) is 3.29. The van der Waals surface area contributed by atoms with E-state index in [-0.39, 0.29) is 0 Å². The van der Waals surface area contributed by atoms with Gasteiger partial charge in [0.15, 0.2) is 0 Å². The minimum atomic E-state index is 1.24. The number of hydrogen-bond donors (Lipinski definition) is 0. The standard InChI is InChI=1S/C21H18/c1-17(16-18-8-4-2-5-9-18)19-12-14-21(15-13-19)20-10-6-3-7-11-20/h2-16H,1H3/b17-16-. The SMILES string of the molecule is C/C(=C/c1ccccc1)c1ccc(-c2ccccc2)cc1. The second kappa shape index (κ2) is 6.23. The molecule has 0 aliphatic carbocycles. The van der Waals surface area contributed by atoms with Gasteiger partial charge >= 0.3 is 0 Å². The van der Waals surface area contributed by atoms with E-state index in [4.69, 9.17) is 0 Å². The molecule has 0 unspecified atom stereocenters. The summed E-state index contributed by atoms with van der Waals surface area (Å²) in [4.78, 5) is 0. The molecule has 0 bridgehead atoms. The Bertz CT molecular complexity index is 720. The smallest absolute Gasteiger partial charge is 0.0184 e. The van der Waals surface area contributed by atoms with Crippen molar-refractivity contribution in [1.82, 2.24) is 0 Å². The van der Waals surface area contributed by atoms with Gasteiger partial charge in [-0.1, -0.05) is 91.0 Å². The van der Waals surface area contributed by atoms with E-state index in [1.165, 1.54) is 27.8 Å². The van der Waals surface area contributed by atoms with E-state index in [1.807, 2.05) is 12.1 Å². The number of benzene rings is 3. The third-order valence-corrected chi connectivity index (χ3v) is 3.63. The Labute approximate surface area is 126 Å². The van der Waals surface area contributed by atoms with Gasteiger partial charge in [0.05, 0.1) is 0 Å². The summed E-state index contributed by atoms with van der Waals surface area (Å²) in [5.41, 5.74) is 6.29. The summed E-state index contributed by atoms with van der Waals surface area (Å²) >= 11 is 0. The van der Waals surface area contributed by atoms with Crippen molar-refractivity contribution in [2.75, 3.05) is 0 Å². The fourth-order valence-corrected chi connectivity index (χ4v) is 2.44. The number of allylic oxidation sites excluding steroid dienone is 1. The lowest BCUT2D eigenvalue weighted by Gasteiger charge is -2.05. The van der Waals surface area contributed by atoms with Crippen molar-refractivity contribution >= 4 is 11.6 Å². The highest BCUT2D eigenvalue weighted by Gasteiger charge is 1.99. The van der Waals surface area contributed by atoms with Crippen LogP contribution >= 0.6 is 0 Å². The lowest BCUT2D eigenvalue weighted by Crippen LogP contribution is -1.82. The topological polar surface area (TPSA) is 0 Å². The molecular formula is C21H18. The molecule has 0 spiro atoms. The molecule has 0 nitrogen and oxygen atoms in total. The van der Waals surface area contributed by atoms with Crippen LogP contribution < -0.4 is 0 Å². The van der Waals surface area contributed by atoms with Crippen molar-refractivity contribution in [3.63, 3.8) is 0 Å². The van der Waals surface area contributed by atoms with E-state index in [9.17, 15) is 0 Å². The van der Waals surface area contributed by atoms with Crippen LogP contribution in [0.3, 0.4) is 0 Å². The molecule has 0 atom stereocenters. The van der Waals surface area contributed by atoms with E-state index in [0.29, 0.717) is 0 Å². The van der Waals surface area contributed by atoms with E-state index in [2.05, 4.69) is 85.8 Å². The highest BCUT2D eigenvalue weighted by Crippen LogP contribution is 2.23. The maximum Gasteiger partial charge on any atom is -0.0184 e. The molecule has 102 valence electrons. The molecule has 0 N–H and O–H groups in total. The van der Waals surface area contributed by atoms with Crippen LogP contribution in [-0.2, 0) is 0 Å². The van der Waals surface area contributed by atoms with Gasteiger partial charge in [-0.15, -0.1) is 0 Å². The van der Waals surface area contributed by atoms with Gasteiger partial charge in [-0.2, -0.15) is 0 Å². The minimum Gasteiger partial charge on any atom is -0.0622 e. The highest BCUT2D eigenvalue weighted by atomic mass is 14.0. The van der Waals surface area contributed by atoms with Crippen LogP contribution in [-0.4, -0.2) is 0 Å². The van der Waals surface area contributed by atoms with Crippen molar-refractivity contribution < 1.29 is 0 Å². The van der Waals surface area contributed by atoms with Crippen LogP contribution in [0.4, 0.5) is 0 Å². The quantitative estimate of drug-likeness (QED) is 0.519. The summed E-state index contributed by atoms with van der Waals surface area (Å²) in [6.45, 7) is 2.16. The first-order valence-electron chi connectivity index (χ1n) is 7.22. The molecule has 3 aromatic carbocycles. The Morgan fingerprint density at radius 2 is 1.14 bits per heavy atom. The highest BCUT2D eigenvalue weighted by molar-refractivity contribution is 5.81. The molecule has 0 saturated heterocycles. The van der Waals surface area contributed by atoms with Crippen LogP contribution in [0.25, 0.3) is 22.8 Å². The molecule has 21 heavy (non-hydrogen) atoms. The predicted molar refractivity (Wildman–Crippen MR) is 91.9 cm³/mol. The fourth-order valence-electron chi connectivity index (χ4n) is 2.44. The maximum atomic E-state index is 2.22. The summed E-state index contributed by atoms with van der Waals surface area (Å²) in [6, 6.07) is 29.7. The van der Waals surface area contributed by atoms with Crippen LogP contribution in [0.1, 0.15) is 18.1 Å². The van der Waals surface area contributed by atoms with Gasteiger partial charge < -0.3 is 0 Å². The fraction of sp³-hybridized carbons (Fsp3) is 0.0476. The summed E-state index contributed by atoms with van der Waals surface area (Å²) < 4.78 is 0. The van der Waals surface area contributed by atoms with E-state index >= 15 is 0 Å². The van der Waals surface area contributed by atoms with Gasteiger partial charge in [0.25, 0.3) is 0 Å². The molecule has 0 aromatic heterocycles. The van der Waals surface area contributed by atoms with Gasteiger partial charge in [-0.25, -0.2) is 0 Å². The molecule has 0 aliphatic heterocycles. The van der Waals surface area contributed by atoms with Crippen LogP contribution in [0, 0.1) is 0 Å². The van der Waals surface area contributed by atoms with Crippen molar-refractivity contribution in [2.45, 2.75) is 6.92 Å². The van der Waals surface area contributed by atoms with Crippen molar-refractivity contribution in [3.8, 4) is 11.1 Å². The van der Waals surface area contributed by atoms with E-state index in [0.717, 1.165) is 0 Å². The Morgan fingerprint density at radius 3 is 1.76 bits per heavy atom. The lowest BCUT2D eigenvalue weighted by atomic mass is 10.00. The molecule has 0 saturated carbocycles. The Kier molecular flexibility index (Phi) is 3.97. The first-order valence-corrected chi connectivity index (χ1v) is 7.22. The Hall–Kier alpha value is -2.60. The zero-order valence-corrected chi connectivity index (χ0v) is 12.2. The van der Waals surface area contributed by atoms with Gasteiger partial charge in [0.1, 0.15) is 0 Å². The Balaban J connectivity index is 1.86. The second-order valence-electron chi connectivity index (χ2n) is 5.18. The third-order valence-electron chi connectivity index (χ3n) is 3.63. The van der Waals surface area contributed by atoms with Crippen LogP contribution in [0.2, 0.25) is 0 Å².